The molecule has 1 unspecified atom stereocenters. The SMILES string of the molecule is C.CC(C)(N)C(=O)NC(COCc1ccccc1)c1nnc2cccc(COC(=O)N3[C@H](C(N)=O)C[C@@H]4C[C@@H]43)n12. The largest absolute Gasteiger partial charge is 0.443 e. The van der Waals surface area contributed by atoms with Gasteiger partial charge in [-0.3, -0.25) is 18.9 Å². The van der Waals surface area contributed by atoms with Crippen molar-refractivity contribution in [3.8, 4) is 0 Å². The third-order valence-corrected chi connectivity index (χ3v) is 7.12. The normalized spacial score (nSPS) is 20.4. The van der Waals surface area contributed by atoms with E-state index < -0.39 is 29.6 Å². The van der Waals surface area contributed by atoms with Gasteiger partial charge in [-0.05, 0) is 50.3 Å². The molecule has 1 aromatic carbocycles. The van der Waals surface area contributed by atoms with Crippen LogP contribution < -0.4 is 16.8 Å². The number of piperidine rings is 1. The van der Waals surface area contributed by atoms with E-state index >= 15 is 0 Å². The third kappa shape index (κ3) is 6.07. The average Bonchev–Trinajstić information content (AvgIpc) is 3.35. The number of carbonyl (C=O) groups excluding carboxylic acids is 3. The van der Waals surface area contributed by atoms with Gasteiger partial charge >= 0.3 is 6.09 Å². The van der Waals surface area contributed by atoms with Crippen molar-refractivity contribution in [1.29, 1.82) is 0 Å². The summed E-state index contributed by atoms with van der Waals surface area (Å²) in [6, 6.07) is 13.6. The zero-order valence-electron chi connectivity index (χ0n) is 21.9. The molecule has 5 rings (SSSR count). The molecule has 2 aromatic heterocycles. The summed E-state index contributed by atoms with van der Waals surface area (Å²) in [4.78, 5) is 39.1. The van der Waals surface area contributed by atoms with E-state index in [1.54, 1.807) is 36.4 Å². The molecule has 0 bridgehead atoms. The van der Waals surface area contributed by atoms with Crippen LogP contribution in [0.25, 0.3) is 5.65 Å². The minimum atomic E-state index is -1.14. The number of nitrogens with two attached hydrogens (primary N) is 2. The lowest BCUT2D eigenvalue weighted by Crippen LogP contribution is -2.51. The number of hydrogen-bond donors (Lipinski definition) is 3. The second-order valence-corrected chi connectivity index (χ2v) is 10.7. The molecule has 1 aliphatic carbocycles. The topological polar surface area (TPSA) is 167 Å². The van der Waals surface area contributed by atoms with E-state index in [1.807, 2.05) is 30.3 Å². The van der Waals surface area contributed by atoms with E-state index in [-0.39, 0.29) is 32.6 Å². The van der Waals surface area contributed by atoms with Crippen molar-refractivity contribution < 1.29 is 23.9 Å². The Balaban J connectivity index is 0.00000370. The molecular weight excluding hydrogens is 514 g/mol. The summed E-state index contributed by atoms with van der Waals surface area (Å²) >= 11 is 0. The number of ether oxygens (including phenoxy) is 2. The maximum Gasteiger partial charge on any atom is 0.411 e. The Bertz CT molecular complexity index is 1370. The van der Waals surface area contributed by atoms with Crippen LogP contribution in [0.15, 0.2) is 48.5 Å². The highest BCUT2D eigenvalue weighted by molar-refractivity contribution is 5.86. The molecule has 3 amide bonds. The van der Waals surface area contributed by atoms with Crippen LogP contribution in [0.3, 0.4) is 0 Å². The van der Waals surface area contributed by atoms with Gasteiger partial charge in [0.1, 0.15) is 18.7 Å². The molecule has 12 nitrogen and oxygen atoms in total. The van der Waals surface area contributed by atoms with Crippen LogP contribution in [0.5, 0.6) is 0 Å². The highest BCUT2D eigenvalue weighted by atomic mass is 16.6. The minimum absolute atomic E-state index is 0. The van der Waals surface area contributed by atoms with Gasteiger partial charge in [0.15, 0.2) is 11.5 Å². The number of pyridine rings is 1. The van der Waals surface area contributed by atoms with Gasteiger partial charge in [-0.2, -0.15) is 0 Å². The number of aromatic nitrogens is 3. The number of benzene rings is 1. The highest BCUT2D eigenvalue weighted by Gasteiger charge is 2.56. The van der Waals surface area contributed by atoms with Gasteiger partial charge in [0.05, 0.1) is 24.4 Å². The third-order valence-electron chi connectivity index (χ3n) is 7.12. The zero-order chi connectivity index (χ0) is 27.7. The number of nitrogens with zero attached hydrogens (tertiary/aromatic N) is 4. The standard InChI is InChI=1S/C27H33N7O5.CH4/c1-27(2,29)25(36)30-19(15-38-13-16-7-4-3-5-8-16)24-32-31-22-10-6-9-18(33(22)24)14-39-26(37)34-20-11-17(20)12-21(34)23(28)35;/h3-10,17,19-21H,11-15,29H2,1-2H3,(H2,28,35)(H,30,36);1H4/t17-,19?,20-,21-;/m0./s1. The quantitative estimate of drug-likeness (QED) is 0.344. The molecule has 0 radical (unpaired) electrons. The number of primary amides is 1. The molecule has 214 valence electrons. The van der Waals surface area contributed by atoms with Gasteiger partial charge in [-0.15, -0.1) is 10.2 Å². The van der Waals surface area contributed by atoms with Crippen LogP contribution in [0.2, 0.25) is 0 Å². The van der Waals surface area contributed by atoms with E-state index in [1.165, 1.54) is 4.90 Å². The first-order valence-electron chi connectivity index (χ1n) is 12.9. The predicted molar refractivity (Wildman–Crippen MR) is 146 cm³/mol. The van der Waals surface area contributed by atoms with Gasteiger partial charge < -0.3 is 26.3 Å². The second kappa shape index (κ2) is 11.6. The van der Waals surface area contributed by atoms with E-state index in [2.05, 4.69) is 15.5 Å². The molecule has 2 aliphatic rings. The molecule has 40 heavy (non-hydrogen) atoms. The molecule has 3 aromatic rings. The first-order chi connectivity index (χ1) is 18.6. The number of hydrogen-bond acceptors (Lipinski definition) is 8. The summed E-state index contributed by atoms with van der Waals surface area (Å²) in [7, 11) is 0. The summed E-state index contributed by atoms with van der Waals surface area (Å²) in [6.45, 7) is 3.55. The Hall–Kier alpha value is -4.03. The molecule has 4 atom stereocenters. The van der Waals surface area contributed by atoms with Gasteiger partial charge in [-0.1, -0.05) is 43.8 Å². The van der Waals surface area contributed by atoms with Crippen molar-refractivity contribution in [2.45, 2.75) is 71.0 Å². The van der Waals surface area contributed by atoms with Crippen molar-refractivity contribution in [1.82, 2.24) is 24.8 Å². The Morgan fingerprint density at radius 1 is 1.07 bits per heavy atom. The first kappa shape index (κ1) is 29.0. The van der Waals surface area contributed by atoms with Crippen molar-refractivity contribution in [3.63, 3.8) is 0 Å². The van der Waals surface area contributed by atoms with Crippen LogP contribution in [0.4, 0.5) is 4.79 Å². The molecular formula is C28H37N7O5. The Labute approximate surface area is 233 Å². The van der Waals surface area contributed by atoms with Crippen molar-refractivity contribution in [2.24, 2.45) is 17.4 Å². The average molecular weight is 552 g/mol. The lowest BCUT2D eigenvalue weighted by atomic mass is 10.1. The number of likely N-dealkylation sites (tertiary alicyclic amines) is 1. The smallest absolute Gasteiger partial charge is 0.411 e. The molecule has 12 heteroatoms. The number of amides is 3. The Kier molecular flexibility index (Phi) is 8.40. The van der Waals surface area contributed by atoms with Crippen LogP contribution in [0.1, 0.15) is 57.2 Å². The van der Waals surface area contributed by atoms with Crippen LogP contribution >= 0.6 is 0 Å². The van der Waals surface area contributed by atoms with E-state index in [0.717, 1.165) is 12.0 Å². The monoisotopic (exact) mass is 551 g/mol. The molecule has 2 fully saturated rings. The number of rotatable bonds is 10. The van der Waals surface area contributed by atoms with Gasteiger partial charge in [0, 0.05) is 6.04 Å². The van der Waals surface area contributed by atoms with Crippen molar-refractivity contribution in [2.75, 3.05) is 6.61 Å². The maximum atomic E-state index is 13.0. The van der Waals surface area contributed by atoms with E-state index in [0.29, 0.717) is 36.1 Å². The molecule has 1 aliphatic heterocycles. The fourth-order valence-electron chi connectivity index (χ4n) is 4.95. The fraction of sp³-hybridized carbons (Fsp3) is 0.464. The lowest BCUT2D eigenvalue weighted by molar-refractivity contribution is -0.126. The molecule has 1 saturated carbocycles. The van der Waals surface area contributed by atoms with Gasteiger partial charge in [0.2, 0.25) is 11.8 Å². The molecule has 5 N–H and O–H groups in total. The second-order valence-electron chi connectivity index (χ2n) is 10.7. The molecule has 1 saturated heterocycles. The molecule has 0 spiro atoms. The van der Waals surface area contributed by atoms with Crippen molar-refractivity contribution in [3.05, 3.63) is 65.6 Å². The summed E-state index contributed by atoms with van der Waals surface area (Å²) in [5.41, 5.74) is 12.5. The first-order valence-corrected chi connectivity index (χ1v) is 12.9. The van der Waals surface area contributed by atoms with Gasteiger partial charge in [-0.25, -0.2) is 4.79 Å². The number of carbonyl (C=O) groups is 3. The summed E-state index contributed by atoms with van der Waals surface area (Å²) in [5, 5.41) is 11.5. The minimum Gasteiger partial charge on any atom is -0.443 e. The van der Waals surface area contributed by atoms with Crippen molar-refractivity contribution >= 4 is 23.6 Å². The van der Waals surface area contributed by atoms with E-state index in [9.17, 15) is 14.4 Å². The summed E-state index contributed by atoms with van der Waals surface area (Å²) in [6.07, 6.45) is 0.838. The fourth-order valence-corrected chi connectivity index (χ4v) is 4.95. The maximum absolute atomic E-state index is 13.0. The molecule has 3 heterocycles. The number of nitrogens with one attached hydrogen (secondary N) is 1. The summed E-state index contributed by atoms with van der Waals surface area (Å²) in [5.74, 6) is -0.211. The number of fused-ring (bicyclic) bond motifs is 2. The van der Waals surface area contributed by atoms with E-state index in [4.69, 9.17) is 20.9 Å². The predicted octanol–water partition coefficient (Wildman–Crippen LogP) is 2.06. The van der Waals surface area contributed by atoms with Crippen LogP contribution in [0, 0.1) is 5.92 Å². The highest BCUT2D eigenvalue weighted by Crippen LogP contribution is 2.48. The van der Waals surface area contributed by atoms with Gasteiger partial charge in [0.25, 0.3) is 0 Å². The Morgan fingerprint density at radius 3 is 2.52 bits per heavy atom. The zero-order valence-corrected chi connectivity index (χ0v) is 21.9. The van der Waals surface area contributed by atoms with Crippen LogP contribution in [-0.2, 0) is 32.3 Å². The summed E-state index contributed by atoms with van der Waals surface area (Å²) < 4.78 is 13.3. The Morgan fingerprint density at radius 2 is 1.82 bits per heavy atom. The lowest BCUT2D eigenvalue weighted by Gasteiger charge is -2.25. The van der Waals surface area contributed by atoms with Crippen LogP contribution in [-0.4, -0.2) is 61.6 Å².